The van der Waals surface area contributed by atoms with E-state index in [1.165, 1.54) is 29.5 Å². The summed E-state index contributed by atoms with van der Waals surface area (Å²) in [5.74, 6) is 0.0405. The third kappa shape index (κ3) is 3.28. The average molecular weight is 345 g/mol. The monoisotopic (exact) mass is 344 g/mol. The van der Waals surface area contributed by atoms with Crippen LogP contribution in [0.15, 0.2) is 24.4 Å². The second kappa shape index (κ2) is 6.08. The summed E-state index contributed by atoms with van der Waals surface area (Å²) in [6.45, 7) is -2.91. The molecule has 0 fully saturated rings. The lowest BCUT2D eigenvalue weighted by Crippen LogP contribution is -2.03. The predicted octanol–water partition coefficient (Wildman–Crippen LogP) is 4.18. The largest absolute Gasteiger partial charge is 0.434 e. The molecule has 0 radical (unpaired) electrons. The fourth-order valence-corrected chi connectivity index (χ4v) is 2.76. The highest BCUT2D eigenvalue weighted by molar-refractivity contribution is 9.08. The second-order valence-corrected chi connectivity index (χ2v) is 5.13. The zero-order valence-corrected chi connectivity index (χ0v) is 11.8. The van der Waals surface area contributed by atoms with Crippen molar-refractivity contribution < 1.29 is 13.5 Å². The molecule has 0 spiro atoms. The Bertz CT molecular complexity index is 624. The van der Waals surface area contributed by atoms with Crippen molar-refractivity contribution in [3.05, 3.63) is 35.0 Å². The van der Waals surface area contributed by atoms with Gasteiger partial charge in [0, 0.05) is 11.8 Å². The minimum Gasteiger partial charge on any atom is -0.434 e. The maximum Gasteiger partial charge on any atom is 0.387 e. The molecule has 0 atom stereocenters. The number of benzene rings is 1. The minimum atomic E-state index is -2.91. The van der Waals surface area contributed by atoms with E-state index in [-0.39, 0.29) is 5.75 Å². The normalized spacial score (nSPS) is 10.5. The number of nitrogens with zero attached hydrogens (tertiary/aromatic N) is 2. The van der Waals surface area contributed by atoms with E-state index < -0.39 is 6.61 Å². The first kappa shape index (κ1) is 13.9. The first-order valence-corrected chi connectivity index (χ1v) is 7.08. The summed E-state index contributed by atoms with van der Waals surface area (Å²) in [5, 5.41) is 10.3. The molecule has 3 nitrogen and oxygen atoms in total. The van der Waals surface area contributed by atoms with Gasteiger partial charge < -0.3 is 4.74 Å². The topological polar surface area (TPSA) is 45.9 Å². The van der Waals surface area contributed by atoms with Crippen LogP contribution in [-0.4, -0.2) is 11.6 Å². The van der Waals surface area contributed by atoms with Gasteiger partial charge >= 0.3 is 6.61 Å². The van der Waals surface area contributed by atoms with Gasteiger partial charge in [0.15, 0.2) is 0 Å². The lowest BCUT2D eigenvalue weighted by molar-refractivity contribution is -0.0494. The lowest BCUT2D eigenvalue weighted by Gasteiger charge is -2.09. The van der Waals surface area contributed by atoms with Crippen molar-refractivity contribution in [1.29, 1.82) is 5.26 Å². The van der Waals surface area contributed by atoms with Gasteiger partial charge in [0.2, 0.25) is 0 Å². The number of ether oxygens (including phenoxy) is 1. The highest BCUT2D eigenvalue weighted by Crippen LogP contribution is 2.35. The third-order valence-corrected chi connectivity index (χ3v) is 4.19. The Labute approximate surface area is 120 Å². The molecule has 0 unspecified atom stereocenters. The van der Waals surface area contributed by atoms with Crippen molar-refractivity contribution in [3.8, 4) is 22.3 Å². The van der Waals surface area contributed by atoms with Gasteiger partial charge in [-0.1, -0.05) is 15.9 Å². The van der Waals surface area contributed by atoms with E-state index in [1.54, 1.807) is 6.20 Å². The number of hydrogen-bond acceptors (Lipinski definition) is 4. The van der Waals surface area contributed by atoms with E-state index in [9.17, 15) is 8.78 Å². The van der Waals surface area contributed by atoms with Crippen LogP contribution in [0.3, 0.4) is 0 Å². The molecule has 1 aromatic heterocycles. The fourth-order valence-electron chi connectivity index (χ4n) is 1.49. The van der Waals surface area contributed by atoms with E-state index in [2.05, 4.69) is 25.7 Å². The van der Waals surface area contributed by atoms with Gasteiger partial charge in [0.25, 0.3) is 0 Å². The Morgan fingerprint density at radius 3 is 2.84 bits per heavy atom. The molecule has 2 aromatic rings. The molecule has 1 aromatic carbocycles. The van der Waals surface area contributed by atoms with Gasteiger partial charge in [-0.3, -0.25) is 0 Å². The summed E-state index contributed by atoms with van der Waals surface area (Å²) in [6, 6.07) is 6.29. The van der Waals surface area contributed by atoms with E-state index in [4.69, 9.17) is 5.26 Å². The van der Waals surface area contributed by atoms with E-state index in [0.29, 0.717) is 21.3 Å². The van der Waals surface area contributed by atoms with Crippen LogP contribution in [0.5, 0.6) is 5.75 Å². The maximum atomic E-state index is 12.4. The predicted molar refractivity (Wildman–Crippen MR) is 71.5 cm³/mol. The van der Waals surface area contributed by atoms with Crippen molar-refractivity contribution in [3.63, 3.8) is 0 Å². The number of thiazole rings is 1. The summed E-state index contributed by atoms with van der Waals surface area (Å²) >= 11 is 4.63. The Balaban J connectivity index is 2.48. The number of hydrogen-bond donors (Lipinski definition) is 0. The van der Waals surface area contributed by atoms with Crippen LogP contribution in [0.25, 0.3) is 10.4 Å². The van der Waals surface area contributed by atoms with E-state index >= 15 is 0 Å². The molecule has 7 heteroatoms. The molecule has 19 heavy (non-hydrogen) atoms. The minimum absolute atomic E-state index is 0.0405. The van der Waals surface area contributed by atoms with Crippen LogP contribution < -0.4 is 4.74 Å². The first-order chi connectivity index (χ1) is 9.13. The summed E-state index contributed by atoms with van der Waals surface area (Å²) < 4.78 is 29.2. The average Bonchev–Trinajstić information content (AvgIpc) is 2.87. The quantitative estimate of drug-likeness (QED) is 0.781. The van der Waals surface area contributed by atoms with Crippen LogP contribution in [0.1, 0.15) is 10.6 Å². The molecule has 0 bridgehead atoms. The molecule has 98 valence electrons. The molecule has 0 N–H and O–H groups in total. The standard InChI is InChI=1S/C12H7BrF2N2OS/c13-4-11-17-6-10(19-11)8-3-7(5-16)1-2-9(8)18-12(14)15/h1-3,6,12H,4H2. The highest BCUT2D eigenvalue weighted by atomic mass is 79.9. The van der Waals surface area contributed by atoms with Gasteiger partial charge in [-0.2, -0.15) is 14.0 Å². The molecule has 1 heterocycles. The van der Waals surface area contributed by atoms with Gasteiger partial charge in [0.05, 0.1) is 21.8 Å². The Morgan fingerprint density at radius 1 is 1.47 bits per heavy atom. The number of halogens is 3. The lowest BCUT2D eigenvalue weighted by atomic mass is 10.1. The summed E-state index contributed by atoms with van der Waals surface area (Å²) in [5.41, 5.74) is 0.828. The Hall–Kier alpha value is -1.52. The SMILES string of the molecule is N#Cc1ccc(OC(F)F)c(-c2cnc(CBr)s2)c1. The van der Waals surface area contributed by atoms with Crippen LogP contribution >= 0.6 is 27.3 Å². The van der Waals surface area contributed by atoms with Crippen molar-refractivity contribution in [2.75, 3.05) is 0 Å². The highest BCUT2D eigenvalue weighted by Gasteiger charge is 2.14. The van der Waals surface area contributed by atoms with E-state index in [0.717, 1.165) is 5.01 Å². The molecule has 0 amide bonds. The van der Waals surface area contributed by atoms with Gasteiger partial charge in [-0.05, 0) is 18.2 Å². The summed E-state index contributed by atoms with van der Waals surface area (Å²) in [6.07, 6.45) is 1.58. The Morgan fingerprint density at radius 2 is 2.26 bits per heavy atom. The summed E-state index contributed by atoms with van der Waals surface area (Å²) in [7, 11) is 0. The van der Waals surface area contributed by atoms with Gasteiger partial charge in [-0.25, -0.2) is 4.98 Å². The molecule has 0 aliphatic carbocycles. The van der Waals surface area contributed by atoms with Crippen molar-refractivity contribution in [2.24, 2.45) is 0 Å². The molecule has 0 aliphatic rings. The van der Waals surface area contributed by atoms with E-state index in [1.807, 2.05) is 6.07 Å². The van der Waals surface area contributed by atoms with Crippen molar-refractivity contribution in [2.45, 2.75) is 11.9 Å². The van der Waals surface area contributed by atoms with Crippen LogP contribution in [0.4, 0.5) is 8.78 Å². The molecular weight excluding hydrogens is 338 g/mol. The van der Waals surface area contributed by atoms with Crippen LogP contribution in [-0.2, 0) is 5.33 Å². The number of alkyl halides is 3. The van der Waals surface area contributed by atoms with Crippen LogP contribution in [0.2, 0.25) is 0 Å². The molecule has 0 saturated heterocycles. The van der Waals surface area contributed by atoms with Crippen LogP contribution in [0, 0.1) is 11.3 Å². The number of rotatable bonds is 4. The zero-order valence-electron chi connectivity index (χ0n) is 9.44. The molecular formula is C12H7BrF2N2OS. The van der Waals surface area contributed by atoms with Gasteiger partial charge in [-0.15, -0.1) is 11.3 Å². The zero-order chi connectivity index (χ0) is 13.8. The molecule has 0 saturated carbocycles. The fraction of sp³-hybridized carbons (Fsp3) is 0.167. The van der Waals surface area contributed by atoms with Crippen molar-refractivity contribution in [1.82, 2.24) is 4.98 Å². The smallest absolute Gasteiger partial charge is 0.387 e. The maximum absolute atomic E-state index is 12.4. The Kier molecular flexibility index (Phi) is 4.45. The molecule has 2 rings (SSSR count). The first-order valence-electron chi connectivity index (χ1n) is 5.14. The third-order valence-electron chi connectivity index (χ3n) is 2.26. The number of nitriles is 1. The van der Waals surface area contributed by atoms with Gasteiger partial charge in [0.1, 0.15) is 10.8 Å². The number of aromatic nitrogens is 1. The molecule has 0 aliphatic heterocycles. The second-order valence-electron chi connectivity index (χ2n) is 3.45. The summed E-state index contributed by atoms with van der Waals surface area (Å²) in [4.78, 5) is 4.82. The van der Waals surface area contributed by atoms with Crippen molar-refractivity contribution >= 4 is 27.3 Å².